The standard InChI is InChI=1S/C55H62F8N4O5/c1-33-39(21-11-23-41(33)56)43-45(47(68)35-15-7-5-8-16-35)66(27-29-71-3)52(49(43)54(58,59)60,37-19-13-25-64-31-37)51(70)53(38-20-14-26-65-32-38)50(55(61,62)63)44(40-22-12-24-42(57)34(40)2)46(67(53)28-30-72-4)48(69)36-17-9-6-10-18-36/h5-12,15-18,21-24,37-38,43-46,49-50,64-65H,13-14,19-20,25-32H2,1-4H3/t37?,38?,43-,44-,45+,46+,49+,50+,52+,53+/m1/s1. The second kappa shape index (κ2) is 21.5. The zero-order chi connectivity index (χ0) is 51.8. The van der Waals surface area contributed by atoms with Crippen LogP contribution in [0.5, 0.6) is 0 Å². The fourth-order valence-electron chi connectivity index (χ4n) is 13.5. The first-order chi connectivity index (χ1) is 34.4. The fourth-order valence-corrected chi connectivity index (χ4v) is 13.5. The zero-order valence-electron chi connectivity index (χ0n) is 40.8. The molecule has 10 atom stereocenters. The lowest BCUT2D eigenvalue weighted by atomic mass is 9.55. The number of halogens is 8. The van der Waals surface area contributed by atoms with Crippen molar-refractivity contribution in [3.63, 3.8) is 0 Å². The number of likely N-dealkylation sites (tertiary alicyclic amines) is 2. The summed E-state index contributed by atoms with van der Waals surface area (Å²) in [7, 11) is 2.57. The monoisotopic (exact) mass is 1010 g/mol. The summed E-state index contributed by atoms with van der Waals surface area (Å²) in [6, 6.07) is 18.3. The van der Waals surface area contributed by atoms with Crippen molar-refractivity contribution < 1.29 is 59.0 Å². The van der Waals surface area contributed by atoms with E-state index in [1.54, 1.807) is 12.1 Å². The number of alkyl halides is 6. The van der Waals surface area contributed by atoms with E-state index in [2.05, 4.69) is 10.6 Å². The van der Waals surface area contributed by atoms with Gasteiger partial charge in [-0.15, -0.1) is 0 Å². The molecule has 72 heavy (non-hydrogen) atoms. The Hall–Kier alpha value is -4.91. The third-order valence-electron chi connectivity index (χ3n) is 16.3. The van der Waals surface area contributed by atoms with Crippen molar-refractivity contribution in [1.29, 1.82) is 0 Å². The molecule has 0 radical (unpaired) electrons. The molecule has 4 aliphatic heterocycles. The molecule has 17 heteroatoms. The molecule has 0 aromatic heterocycles. The van der Waals surface area contributed by atoms with Crippen LogP contribution < -0.4 is 10.6 Å². The van der Waals surface area contributed by atoms with Gasteiger partial charge in [0.2, 0.25) is 0 Å². The Morgan fingerprint density at radius 2 is 0.958 bits per heavy atom. The van der Waals surface area contributed by atoms with E-state index < -0.39 is 113 Å². The number of carbonyl (C=O) groups is 3. The minimum absolute atomic E-state index is 0.0352. The number of benzene rings is 4. The lowest BCUT2D eigenvalue weighted by molar-refractivity contribution is -0.229. The van der Waals surface area contributed by atoms with E-state index in [4.69, 9.17) is 9.47 Å². The molecule has 0 bridgehead atoms. The van der Waals surface area contributed by atoms with Crippen molar-refractivity contribution >= 4 is 17.3 Å². The number of hydrogen-bond acceptors (Lipinski definition) is 9. The maximum Gasteiger partial charge on any atom is 0.394 e. The summed E-state index contributed by atoms with van der Waals surface area (Å²) in [6.45, 7) is 0.786. The minimum atomic E-state index is -5.47. The SMILES string of the molecule is COCCN1[C@H](C(=O)c2ccccc2)[C@@H](c2cccc(F)c2C)[C@H](C(F)(F)F)[C@]1(C(=O)[C@]1(C2CCCNC2)[C@@H](C(F)(F)F)[C@H](c2cccc(F)c2C)[C@@H](C(=O)c2ccccc2)N1CCOC)C1CCCNC1. The third kappa shape index (κ3) is 9.13. The second-order valence-electron chi connectivity index (χ2n) is 19.8. The van der Waals surface area contributed by atoms with Crippen molar-refractivity contribution in [2.75, 3.05) is 66.7 Å². The predicted octanol–water partition coefficient (Wildman–Crippen LogP) is 9.28. The molecule has 388 valence electrons. The Labute approximate surface area is 415 Å². The van der Waals surface area contributed by atoms with Gasteiger partial charge in [-0.3, -0.25) is 24.2 Å². The molecule has 2 unspecified atom stereocenters. The first-order valence-electron chi connectivity index (χ1n) is 24.7. The van der Waals surface area contributed by atoms with Gasteiger partial charge in [0, 0.05) is 63.4 Å². The Balaban J connectivity index is 1.58. The Morgan fingerprint density at radius 3 is 1.28 bits per heavy atom. The predicted molar refractivity (Wildman–Crippen MR) is 255 cm³/mol. The summed E-state index contributed by atoms with van der Waals surface area (Å²) in [5.41, 5.74) is -7.13. The molecule has 8 rings (SSSR count). The fraction of sp³-hybridized carbons (Fsp3) is 0.509. The molecular weight excluding hydrogens is 949 g/mol. The van der Waals surface area contributed by atoms with Crippen LogP contribution in [-0.4, -0.2) is 129 Å². The molecule has 0 saturated carbocycles. The molecule has 4 heterocycles. The van der Waals surface area contributed by atoms with Gasteiger partial charge in [0.05, 0.1) is 48.2 Å². The molecule has 0 aliphatic carbocycles. The lowest BCUT2D eigenvalue weighted by Crippen LogP contribution is -2.77. The van der Waals surface area contributed by atoms with E-state index in [0.29, 0.717) is 13.1 Å². The van der Waals surface area contributed by atoms with Crippen LogP contribution in [0.25, 0.3) is 0 Å². The van der Waals surface area contributed by atoms with E-state index in [9.17, 15) is 0 Å². The smallest absolute Gasteiger partial charge is 0.383 e. The third-order valence-corrected chi connectivity index (χ3v) is 16.3. The average Bonchev–Trinajstić information content (AvgIpc) is 3.87. The van der Waals surface area contributed by atoms with Gasteiger partial charge in [-0.2, -0.15) is 26.3 Å². The number of carbonyl (C=O) groups excluding carboxylic acids is 3. The first-order valence-corrected chi connectivity index (χ1v) is 24.7. The maximum absolute atomic E-state index is 18.0. The highest BCUT2D eigenvalue weighted by molar-refractivity contribution is 6.07. The summed E-state index contributed by atoms with van der Waals surface area (Å²) in [6.07, 6.45) is -10.7. The van der Waals surface area contributed by atoms with E-state index in [-0.39, 0.29) is 85.4 Å². The van der Waals surface area contributed by atoms with Gasteiger partial charge in [-0.25, -0.2) is 8.78 Å². The van der Waals surface area contributed by atoms with Gasteiger partial charge in [0.25, 0.3) is 0 Å². The van der Waals surface area contributed by atoms with Crippen molar-refractivity contribution in [2.45, 2.75) is 86.9 Å². The summed E-state index contributed by atoms with van der Waals surface area (Å²) < 4.78 is 149. The van der Waals surface area contributed by atoms with E-state index >= 15 is 49.5 Å². The second-order valence-corrected chi connectivity index (χ2v) is 19.8. The van der Waals surface area contributed by atoms with Gasteiger partial charge in [-0.1, -0.05) is 84.9 Å². The summed E-state index contributed by atoms with van der Waals surface area (Å²) in [5.74, 6) is -17.9. The van der Waals surface area contributed by atoms with Crippen LogP contribution in [0.1, 0.15) is 80.5 Å². The van der Waals surface area contributed by atoms with Crippen LogP contribution in [0.3, 0.4) is 0 Å². The van der Waals surface area contributed by atoms with Crippen LogP contribution in [0, 0.1) is 49.2 Å². The molecule has 0 spiro atoms. The molecule has 4 aliphatic rings. The molecule has 4 aromatic rings. The number of piperidine rings is 2. The maximum atomic E-state index is 18.0. The normalized spacial score (nSPS) is 29.6. The Morgan fingerprint density at radius 1 is 0.583 bits per heavy atom. The molecule has 4 saturated heterocycles. The van der Waals surface area contributed by atoms with Gasteiger partial charge < -0.3 is 20.1 Å². The number of methoxy groups -OCH3 is 2. The zero-order valence-corrected chi connectivity index (χ0v) is 40.8. The number of hydrogen-bond donors (Lipinski definition) is 2. The molecule has 4 aromatic carbocycles. The van der Waals surface area contributed by atoms with Crippen LogP contribution >= 0.6 is 0 Å². The van der Waals surface area contributed by atoms with E-state index in [1.165, 1.54) is 111 Å². The number of nitrogens with zero attached hydrogens (tertiary/aromatic N) is 2. The topological polar surface area (TPSA) is 100 Å². The first kappa shape index (κ1) is 53.4. The highest BCUT2D eigenvalue weighted by Crippen LogP contribution is 2.67. The Kier molecular flexibility index (Phi) is 15.9. The minimum Gasteiger partial charge on any atom is -0.383 e. The van der Waals surface area contributed by atoms with Gasteiger partial charge in [0.15, 0.2) is 17.3 Å². The van der Waals surface area contributed by atoms with Crippen LogP contribution in [0.2, 0.25) is 0 Å². The van der Waals surface area contributed by atoms with Crippen molar-refractivity contribution in [3.05, 3.63) is 142 Å². The van der Waals surface area contributed by atoms with Crippen LogP contribution in [0.15, 0.2) is 97.1 Å². The lowest BCUT2D eigenvalue weighted by Gasteiger charge is -2.57. The molecule has 0 amide bonds. The summed E-state index contributed by atoms with van der Waals surface area (Å²) in [4.78, 5) is 51.6. The van der Waals surface area contributed by atoms with Crippen molar-refractivity contribution in [2.24, 2.45) is 23.7 Å². The highest BCUT2D eigenvalue weighted by atomic mass is 19.4. The van der Waals surface area contributed by atoms with Gasteiger partial charge in [0.1, 0.15) is 11.6 Å². The molecule has 2 N–H and O–H groups in total. The molecular formula is C55H62F8N4O5. The van der Waals surface area contributed by atoms with Gasteiger partial charge >= 0.3 is 12.4 Å². The van der Waals surface area contributed by atoms with E-state index in [1.807, 2.05) is 0 Å². The number of ether oxygens (including phenoxy) is 2. The number of Topliss-reactive ketones (excluding diaryl/α,β-unsaturated/α-hetero) is 3. The Bertz CT molecular complexity index is 2380. The summed E-state index contributed by atoms with van der Waals surface area (Å²) >= 11 is 0. The number of rotatable bonds is 16. The summed E-state index contributed by atoms with van der Waals surface area (Å²) in [5, 5.41) is 6.34. The quantitative estimate of drug-likeness (QED) is 0.0841. The number of ketones is 3. The molecule has 9 nitrogen and oxygen atoms in total. The van der Waals surface area contributed by atoms with Crippen LogP contribution in [0.4, 0.5) is 35.1 Å². The average molecular weight is 1010 g/mol. The molecule has 4 fully saturated rings. The van der Waals surface area contributed by atoms with E-state index in [0.717, 1.165) is 12.1 Å². The van der Waals surface area contributed by atoms with Crippen molar-refractivity contribution in [1.82, 2.24) is 20.4 Å². The van der Waals surface area contributed by atoms with Gasteiger partial charge in [-0.05, 0) is 98.8 Å². The van der Waals surface area contributed by atoms with Crippen LogP contribution in [-0.2, 0) is 14.3 Å². The largest absolute Gasteiger partial charge is 0.394 e. The highest BCUT2D eigenvalue weighted by Gasteiger charge is 2.82. The van der Waals surface area contributed by atoms with Crippen molar-refractivity contribution in [3.8, 4) is 0 Å². The number of nitrogens with one attached hydrogen (secondary N) is 2.